The molecule has 2 fully saturated rings. The molecule has 1 aromatic rings. The minimum Gasteiger partial charge on any atom is -0.356 e. The Hall–Kier alpha value is -1.05. The lowest BCUT2D eigenvalue weighted by molar-refractivity contribution is 0.332. The van der Waals surface area contributed by atoms with Crippen molar-refractivity contribution in [2.24, 2.45) is 10.4 Å². The van der Waals surface area contributed by atoms with E-state index in [0.29, 0.717) is 11.5 Å². The van der Waals surface area contributed by atoms with Crippen LogP contribution in [0.25, 0.3) is 0 Å². The van der Waals surface area contributed by atoms with E-state index >= 15 is 0 Å². The summed E-state index contributed by atoms with van der Waals surface area (Å²) in [5, 5.41) is 7.17. The molecule has 1 saturated carbocycles. The van der Waals surface area contributed by atoms with Gasteiger partial charge in [-0.15, -0.1) is 24.0 Å². The summed E-state index contributed by atoms with van der Waals surface area (Å²) in [6.07, 6.45) is 9.52. The minimum absolute atomic E-state index is 0. The Morgan fingerprint density at radius 1 is 1.28 bits per heavy atom. The van der Waals surface area contributed by atoms with Crippen LogP contribution in [-0.4, -0.2) is 43.7 Å². The number of hydrogen-bond donors (Lipinski definition) is 2. The summed E-state index contributed by atoms with van der Waals surface area (Å²) in [6.45, 7) is 5.51. The fraction of sp³-hybridized carbons (Fsp3) is 0.684. The molecule has 0 atom stereocenters. The summed E-state index contributed by atoms with van der Waals surface area (Å²) in [5.41, 5.74) is 0.444. The third-order valence-electron chi connectivity index (χ3n) is 5.53. The number of pyridine rings is 1. The minimum atomic E-state index is 0. The first-order valence-electron chi connectivity index (χ1n) is 9.32. The van der Waals surface area contributed by atoms with Crippen LogP contribution < -0.4 is 15.5 Å². The van der Waals surface area contributed by atoms with Crippen molar-refractivity contribution in [3.05, 3.63) is 24.4 Å². The number of hydrogen-bond acceptors (Lipinski definition) is 3. The van der Waals surface area contributed by atoms with Crippen molar-refractivity contribution >= 4 is 35.8 Å². The average molecular weight is 457 g/mol. The van der Waals surface area contributed by atoms with E-state index in [1.54, 1.807) is 0 Å². The van der Waals surface area contributed by atoms with Gasteiger partial charge >= 0.3 is 0 Å². The zero-order chi connectivity index (χ0) is 16.8. The fourth-order valence-corrected chi connectivity index (χ4v) is 3.88. The van der Waals surface area contributed by atoms with Crippen molar-refractivity contribution in [2.45, 2.75) is 51.5 Å². The Morgan fingerprint density at radius 3 is 2.60 bits per heavy atom. The number of rotatable bonds is 4. The fourth-order valence-electron chi connectivity index (χ4n) is 3.88. The van der Waals surface area contributed by atoms with E-state index in [9.17, 15) is 0 Å². The molecule has 2 heterocycles. The lowest BCUT2D eigenvalue weighted by atomic mass is 9.89. The van der Waals surface area contributed by atoms with Gasteiger partial charge in [0.2, 0.25) is 0 Å². The molecule has 0 spiro atoms. The Kier molecular flexibility index (Phi) is 7.78. The van der Waals surface area contributed by atoms with Gasteiger partial charge in [-0.25, -0.2) is 4.98 Å². The van der Waals surface area contributed by atoms with Gasteiger partial charge in [-0.1, -0.05) is 25.8 Å². The monoisotopic (exact) mass is 457 g/mol. The van der Waals surface area contributed by atoms with Gasteiger partial charge in [0.25, 0.3) is 0 Å². The number of nitrogens with zero attached hydrogens (tertiary/aromatic N) is 3. The number of guanidine groups is 1. The molecule has 1 aromatic heterocycles. The predicted octanol–water partition coefficient (Wildman–Crippen LogP) is 3.41. The quantitative estimate of drug-likeness (QED) is 0.414. The lowest BCUT2D eigenvalue weighted by Crippen LogP contribution is -2.50. The van der Waals surface area contributed by atoms with Gasteiger partial charge in [-0.05, 0) is 43.2 Å². The number of nitrogens with one attached hydrogen (secondary N) is 2. The van der Waals surface area contributed by atoms with Crippen molar-refractivity contribution < 1.29 is 0 Å². The molecule has 0 aromatic carbocycles. The van der Waals surface area contributed by atoms with Crippen LogP contribution in [0.3, 0.4) is 0 Å². The van der Waals surface area contributed by atoms with Crippen LogP contribution in [0.4, 0.5) is 5.82 Å². The summed E-state index contributed by atoms with van der Waals surface area (Å²) >= 11 is 0. The Morgan fingerprint density at radius 2 is 2.00 bits per heavy atom. The first-order chi connectivity index (χ1) is 11.7. The van der Waals surface area contributed by atoms with Crippen molar-refractivity contribution in [3.63, 3.8) is 0 Å². The second kappa shape index (κ2) is 9.59. The zero-order valence-corrected chi connectivity index (χ0v) is 17.8. The van der Waals surface area contributed by atoms with Crippen LogP contribution in [0.5, 0.6) is 0 Å². The predicted molar refractivity (Wildman–Crippen MR) is 116 cm³/mol. The molecular formula is C19H32IN5. The van der Waals surface area contributed by atoms with Crippen molar-refractivity contribution in [1.29, 1.82) is 0 Å². The zero-order valence-electron chi connectivity index (χ0n) is 15.5. The maximum absolute atomic E-state index is 4.46. The summed E-state index contributed by atoms with van der Waals surface area (Å²) in [7, 11) is 1.87. The van der Waals surface area contributed by atoms with Crippen LogP contribution >= 0.6 is 24.0 Å². The standard InChI is InChI=1S/C19H31N5.HI/c1-19(10-4-5-11-19)15-22-18(20-2)23-16-8-13-24(14-9-16)17-7-3-6-12-21-17;/h3,6-7,12,16H,4-5,8-11,13-15H2,1-2H3,(H2,20,22,23);1H. The molecule has 25 heavy (non-hydrogen) atoms. The van der Waals surface area contributed by atoms with Gasteiger partial charge in [0.1, 0.15) is 5.82 Å². The first kappa shape index (κ1) is 20.3. The molecule has 0 radical (unpaired) electrons. The maximum Gasteiger partial charge on any atom is 0.191 e. The number of aromatic nitrogens is 1. The molecule has 140 valence electrons. The molecular weight excluding hydrogens is 425 g/mol. The molecule has 2 N–H and O–H groups in total. The Labute approximate surface area is 169 Å². The van der Waals surface area contributed by atoms with E-state index in [1.807, 2.05) is 19.3 Å². The average Bonchev–Trinajstić information content (AvgIpc) is 3.07. The van der Waals surface area contributed by atoms with Crippen LogP contribution in [0.15, 0.2) is 29.4 Å². The smallest absolute Gasteiger partial charge is 0.191 e. The lowest BCUT2D eigenvalue weighted by Gasteiger charge is -2.34. The molecule has 1 aliphatic carbocycles. The normalized spacial score (nSPS) is 20.9. The topological polar surface area (TPSA) is 52.6 Å². The van der Waals surface area contributed by atoms with Gasteiger partial charge in [0.15, 0.2) is 5.96 Å². The Bertz CT molecular complexity index is 534. The SMILES string of the molecule is CN=C(NCC1(C)CCCC1)NC1CCN(c2ccccn2)CC1.I. The first-order valence-corrected chi connectivity index (χ1v) is 9.32. The van der Waals surface area contributed by atoms with Gasteiger partial charge in [0.05, 0.1) is 0 Å². The maximum atomic E-state index is 4.46. The number of aliphatic imine (C=N–C) groups is 1. The molecule has 1 saturated heterocycles. The van der Waals surface area contributed by atoms with Crippen molar-refractivity contribution in [1.82, 2.24) is 15.6 Å². The van der Waals surface area contributed by atoms with Crippen LogP contribution in [0.1, 0.15) is 45.4 Å². The van der Waals surface area contributed by atoms with Crippen LogP contribution in [-0.2, 0) is 0 Å². The molecule has 1 aliphatic heterocycles. The number of halogens is 1. The van der Waals surface area contributed by atoms with Crippen molar-refractivity contribution in [3.8, 4) is 0 Å². The van der Waals surface area contributed by atoms with E-state index in [1.165, 1.54) is 25.7 Å². The van der Waals surface area contributed by atoms with Gasteiger partial charge in [0, 0.05) is 38.9 Å². The van der Waals surface area contributed by atoms with Crippen LogP contribution in [0.2, 0.25) is 0 Å². The molecule has 0 amide bonds. The summed E-state index contributed by atoms with van der Waals surface area (Å²) in [6, 6.07) is 6.62. The molecule has 0 bridgehead atoms. The van der Waals surface area contributed by atoms with E-state index in [2.05, 4.69) is 44.6 Å². The second-order valence-electron chi connectivity index (χ2n) is 7.54. The highest BCUT2D eigenvalue weighted by Gasteiger charge is 2.29. The van der Waals surface area contributed by atoms with E-state index in [-0.39, 0.29) is 24.0 Å². The summed E-state index contributed by atoms with van der Waals surface area (Å²) < 4.78 is 0. The third kappa shape index (κ3) is 5.72. The van der Waals surface area contributed by atoms with E-state index in [4.69, 9.17) is 0 Å². The van der Waals surface area contributed by atoms with Crippen LogP contribution in [0, 0.1) is 5.41 Å². The highest BCUT2D eigenvalue weighted by atomic mass is 127. The third-order valence-corrected chi connectivity index (χ3v) is 5.53. The molecule has 6 heteroatoms. The highest BCUT2D eigenvalue weighted by molar-refractivity contribution is 14.0. The van der Waals surface area contributed by atoms with Crippen molar-refractivity contribution in [2.75, 3.05) is 31.6 Å². The largest absolute Gasteiger partial charge is 0.356 e. The number of piperidine rings is 1. The number of anilines is 1. The van der Waals surface area contributed by atoms with Gasteiger partial charge in [-0.2, -0.15) is 0 Å². The molecule has 2 aliphatic rings. The second-order valence-corrected chi connectivity index (χ2v) is 7.54. The van der Waals surface area contributed by atoms with E-state index in [0.717, 1.165) is 44.3 Å². The molecule has 3 rings (SSSR count). The van der Waals surface area contributed by atoms with E-state index < -0.39 is 0 Å². The van der Waals surface area contributed by atoms with Gasteiger partial charge < -0.3 is 15.5 Å². The summed E-state index contributed by atoms with van der Waals surface area (Å²) in [4.78, 5) is 11.2. The summed E-state index contributed by atoms with van der Waals surface area (Å²) in [5.74, 6) is 2.05. The molecule has 0 unspecified atom stereocenters. The Balaban J connectivity index is 0.00000225. The molecule has 5 nitrogen and oxygen atoms in total. The highest BCUT2D eigenvalue weighted by Crippen LogP contribution is 2.36. The van der Waals surface area contributed by atoms with Gasteiger partial charge in [-0.3, -0.25) is 4.99 Å².